The molecular formula is C15H23NO. The summed E-state index contributed by atoms with van der Waals surface area (Å²) in [5.74, 6) is 0.0503. The van der Waals surface area contributed by atoms with E-state index in [4.69, 9.17) is 0 Å². The zero-order chi connectivity index (χ0) is 12.5. The summed E-state index contributed by atoms with van der Waals surface area (Å²) >= 11 is 0. The molecule has 0 fully saturated rings. The number of amides is 1. The van der Waals surface area contributed by atoms with Crippen LogP contribution in [0.15, 0.2) is 30.3 Å². The van der Waals surface area contributed by atoms with Crippen LogP contribution < -0.4 is 5.32 Å². The predicted molar refractivity (Wildman–Crippen MR) is 71.8 cm³/mol. The maximum Gasteiger partial charge on any atom is 0.217 e. The molecule has 1 rings (SSSR count). The van der Waals surface area contributed by atoms with E-state index in [0.29, 0.717) is 0 Å². The molecule has 2 heteroatoms. The summed E-state index contributed by atoms with van der Waals surface area (Å²) in [6.45, 7) is 3.80. The van der Waals surface area contributed by atoms with Crippen LogP contribution in [0, 0.1) is 0 Å². The van der Waals surface area contributed by atoms with Crippen molar-refractivity contribution in [2.45, 2.75) is 52.0 Å². The van der Waals surface area contributed by atoms with Gasteiger partial charge in [-0.2, -0.15) is 0 Å². The van der Waals surface area contributed by atoms with E-state index in [1.807, 2.05) is 18.2 Å². The Labute approximate surface area is 104 Å². The fraction of sp³-hybridized carbons (Fsp3) is 0.533. The molecule has 1 N–H and O–H groups in total. The van der Waals surface area contributed by atoms with Crippen LogP contribution in [-0.2, 0) is 4.79 Å². The molecule has 1 aromatic rings. The lowest BCUT2D eigenvalue weighted by Crippen LogP contribution is -2.25. The van der Waals surface area contributed by atoms with Crippen molar-refractivity contribution in [2.24, 2.45) is 0 Å². The van der Waals surface area contributed by atoms with Crippen molar-refractivity contribution >= 4 is 5.91 Å². The number of nitrogens with one attached hydrogen (secondary N) is 1. The van der Waals surface area contributed by atoms with Gasteiger partial charge in [0.15, 0.2) is 0 Å². The standard InChI is InChI=1S/C15H23NO/c1-3-4-5-9-12-15(16-13(2)17)14-10-7-6-8-11-14/h6-8,10-11,15H,3-5,9,12H2,1-2H3,(H,16,17)/t15-/m1/s1. The lowest BCUT2D eigenvalue weighted by atomic mass is 10.00. The van der Waals surface area contributed by atoms with Crippen molar-refractivity contribution in [3.8, 4) is 0 Å². The van der Waals surface area contributed by atoms with E-state index in [0.717, 1.165) is 6.42 Å². The molecule has 0 saturated heterocycles. The Balaban J connectivity index is 2.52. The molecule has 0 spiro atoms. The van der Waals surface area contributed by atoms with Crippen molar-refractivity contribution in [1.29, 1.82) is 0 Å². The topological polar surface area (TPSA) is 29.1 Å². The van der Waals surface area contributed by atoms with E-state index in [-0.39, 0.29) is 11.9 Å². The molecule has 0 aromatic heterocycles. The van der Waals surface area contributed by atoms with Gasteiger partial charge in [0.25, 0.3) is 0 Å². The quantitative estimate of drug-likeness (QED) is 0.712. The normalized spacial score (nSPS) is 12.1. The van der Waals surface area contributed by atoms with E-state index in [1.165, 1.54) is 31.2 Å². The molecule has 0 saturated carbocycles. The third kappa shape index (κ3) is 5.53. The average Bonchev–Trinajstić information content (AvgIpc) is 2.34. The summed E-state index contributed by atoms with van der Waals surface area (Å²) in [5, 5.41) is 3.03. The first-order valence-corrected chi connectivity index (χ1v) is 6.56. The molecule has 1 atom stereocenters. The first-order chi connectivity index (χ1) is 8.24. The van der Waals surface area contributed by atoms with Gasteiger partial charge in [-0.3, -0.25) is 4.79 Å². The maximum absolute atomic E-state index is 11.2. The predicted octanol–water partition coefficient (Wildman–Crippen LogP) is 3.83. The second-order valence-electron chi connectivity index (χ2n) is 4.51. The first-order valence-electron chi connectivity index (χ1n) is 6.56. The highest BCUT2D eigenvalue weighted by molar-refractivity contribution is 5.73. The summed E-state index contributed by atoms with van der Waals surface area (Å²) in [4.78, 5) is 11.2. The van der Waals surface area contributed by atoms with Gasteiger partial charge in [-0.05, 0) is 12.0 Å². The third-order valence-electron chi connectivity index (χ3n) is 2.93. The summed E-state index contributed by atoms with van der Waals surface area (Å²) in [5.41, 5.74) is 1.21. The van der Waals surface area contributed by atoms with Gasteiger partial charge in [-0.25, -0.2) is 0 Å². The lowest BCUT2D eigenvalue weighted by Gasteiger charge is -2.18. The van der Waals surface area contributed by atoms with Crippen LogP contribution in [0.25, 0.3) is 0 Å². The number of unbranched alkanes of at least 4 members (excludes halogenated alkanes) is 3. The van der Waals surface area contributed by atoms with E-state index in [9.17, 15) is 4.79 Å². The molecule has 0 aliphatic heterocycles. The van der Waals surface area contributed by atoms with E-state index in [2.05, 4.69) is 24.4 Å². The van der Waals surface area contributed by atoms with Crippen molar-refractivity contribution in [1.82, 2.24) is 5.32 Å². The van der Waals surface area contributed by atoms with Crippen LogP contribution in [0.1, 0.15) is 57.6 Å². The van der Waals surface area contributed by atoms with Crippen molar-refractivity contribution in [3.05, 3.63) is 35.9 Å². The monoisotopic (exact) mass is 233 g/mol. The number of carbonyl (C=O) groups excluding carboxylic acids is 1. The fourth-order valence-corrected chi connectivity index (χ4v) is 2.03. The van der Waals surface area contributed by atoms with Gasteiger partial charge < -0.3 is 5.32 Å². The number of hydrogen-bond acceptors (Lipinski definition) is 1. The first kappa shape index (κ1) is 13.8. The minimum Gasteiger partial charge on any atom is -0.350 e. The summed E-state index contributed by atoms with van der Waals surface area (Å²) in [6, 6.07) is 10.4. The molecule has 94 valence electrons. The van der Waals surface area contributed by atoms with Crippen LogP contribution in [0.4, 0.5) is 0 Å². The Kier molecular flexibility index (Phi) is 6.38. The molecule has 1 aromatic carbocycles. The van der Waals surface area contributed by atoms with Gasteiger partial charge in [0.1, 0.15) is 0 Å². The van der Waals surface area contributed by atoms with E-state index in [1.54, 1.807) is 6.92 Å². The Hall–Kier alpha value is -1.31. The highest BCUT2D eigenvalue weighted by atomic mass is 16.1. The third-order valence-corrected chi connectivity index (χ3v) is 2.93. The SMILES string of the molecule is CCCCCC[C@@H](NC(C)=O)c1ccccc1. The van der Waals surface area contributed by atoms with Crippen molar-refractivity contribution in [2.75, 3.05) is 0 Å². The van der Waals surface area contributed by atoms with Crippen LogP contribution in [0.2, 0.25) is 0 Å². The number of hydrogen-bond donors (Lipinski definition) is 1. The average molecular weight is 233 g/mol. The fourth-order valence-electron chi connectivity index (χ4n) is 2.03. The van der Waals surface area contributed by atoms with Crippen LogP contribution in [-0.4, -0.2) is 5.91 Å². The molecule has 2 nitrogen and oxygen atoms in total. The van der Waals surface area contributed by atoms with Gasteiger partial charge in [-0.1, -0.05) is 62.9 Å². The molecule has 0 aliphatic carbocycles. The molecule has 17 heavy (non-hydrogen) atoms. The highest BCUT2D eigenvalue weighted by Gasteiger charge is 2.11. The molecule has 0 aliphatic rings. The van der Waals surface area contributed by atoms with Gasteiger partial charge >= 0.3 is 0 Å². The molecule has 0 bridgehead atoms. The van der Waals surface area contributed by atoms with Crippen LogP contribution in [0.3, 0.4) is 0 Å². The van der Waals surface area contributed by atoms with Gasteiger partial charge in [0.05, 0.1) is 6.04 Å². The van der Waals surface area contributed by atoms with Gasteiger partial charge in [-0.15, -0.1) is 0 Å². The second kappa shape index (κ2) is 7.88. The summed E-state index contributed by atoms with van der Waals surface area (Å²) in [6.07, 6.45) is 5.98. The van der Waals surface area contributed by atoms with Crippen molar-refractivity contribution < 1.29 is 4.79 Å². The Morgan fingerprint density at radius 1 is 1.18 bits per heavy atom. The number of carbonyl (C=O) groups is 1. The van der Waals surface area contributed by atoms with Crippen LogP contribution >= 0.6 is 0 Å². The number of rotatable bonds is 7. The Bertz CT molecular complexity index is 321. The molecule has 0 heterocycles. The molecular weight excluding hydrogens is 210 g/mol. The molecule has 1 amide bonds. The van der Waals surface area contributed by atoms with Gasteiger partial charge in [0.2, 0.25) is 5.91 Å². The minimum atomic E-state index is 0.0503. The van der Waals surface area contributed by atoms with E-state index >= 15 is 0 Å². The maximum atomic E-state index is 11.2. The van der Waals surface area contributed by atoms with Gasteiger partial charge in [0, 0.05) is 6.92 Å². The van der Waals surface area contributed by atoms with Crippen molar-refractivity contribution in [3.63, 3.8) is 0 Å². The highest BCUT2D eigenvalue weighted by Crippen LogP contribution is 2.19. The number of benzene rings is 1. The zero-order valence-electron chi connectivity index (χ0n) is 10.9. The largest absolute Gasteiger partial charge is 0.350 e. The van der Waals surface area contributed by atoms with Crippen LogP contribution in [0.5, 0.6) is 0 Å². The second-order valence-corrected chi connectivity index (χ2v) is 4.51. The molecule has 0 radical (unpaired) electrons. The van der Waals surface area contributed by atoms with E-state index < -0.39 is 0 Å². The Morgan fingerprint density at radius 3 is 2.47 bits per heavy atom. The lowest BCUT2D eigenvalue weighted by molar-refractivity contribution is -0.119. The summed E-state index contributed by atoms with van der Waals surface area (Å²) < 4.78 is 0. The smallest absolute Gasteiger partial charge is 0.217 e. The Morgan fingerprint density at radius 2 is 1.88 bits per heavy atom. The zero-order valence-corrected chi connectivity index (χ0v) is 10.9. The summed E-state index contributed by atoms with van der Waals surface area (Å²) in [7, 11) is 0. The molecule has 0 unspecified atom stereocenters. The minimum absolute atomic E-state index is 0.0503.